The van der Waals surface area contributed by atoms with E-state index in [1.54, 1.807) is 25.7 Å². The van der Waals surface area contributed by atoms with Crippen LogP contribution < -0.4 is 0 Å². The van der Waals surface area contributed by atoms with Crippen LogP contribution in [0.2, 0.25) is 19.6 Å². The molecular weight excluding hydrogens is 529 g/mol. The molecule has 0 N–H and O–H groups in total. The lowest BCUT2D eigenvalue weighted by Crippen LogP contribution is -2.57. The zero-order chi connectivity index (χ0) is 27.8. The predicted octanol–water partition coefficient (Wildman–Crippen LogP) is 5.74. The van der Waals surface area contributed by atoms with Gasteiger partial charge < -0.3 is 23.4 Å². The summed E-state index contributed by atoms with van der Waals surface area (Å²) in [6.07, 6.45) is -7.89. The van der Waals surface area contributed by atoms with Crippen LogP contribution in [0.25, 0.3) is 10.8 Å². The molecule has 0 radical (unpaired) electrons. The SMILES string of the molecule is C[Si](C)(C)O[C@](C(=O)O[C@@H]1CO[C@H]2[C@@H]1OC[C@@H]2OCc1cccc2ccccc12)(c1ccccc1)C(F)(F)F. The molecule has 0 aliphatic carbocycles. The highest BCUT2D eigenvalue weighted by atomic mass is 28.4. The second kappa shape index (κ2) is 10.7. The largest absolute Gasteiger partial charge is 0.454 e. The summed E-state index contributed by atoms with van der Waals surface area (Å²) in [7, 11) is -2.91. The van der Waals surface area contributed by atoms with E-state index in [2.05, 4.69) is 0 Å². The van der Waals surface area contributed by atoms with Crippen molar-refractivity contribution in [2.75, 3.05) is 13.2 Å². The first-order chi connectivity index (χ1) is 18.5. The number of carbonyl (C=O) groups excluding carboxylic acids is 1. The molecule has 0 aromatic heterocycles. The van der Waals surface area contributed by atoms with Crippen molar-refractivity contribution in [1.82, 2.24) is 0 Å². The minimum atomic E-state index is -5.06. The van der Waals surface area contributed by atoms with E-state index in [-0.39, 0.29) is 18.8 Å². The van der Waals surface area contributed by atoms with Crippen molar-refractivity contribution in [3.63, 3.8) is 0 Å². The highest BCUT2D eigenvalue weighted by molar-refractivity contribution is 6.70. The van der Waals surface area contributed by atoms with E-state index >= 15 is 0 Å². The zero-order valence-corrected chi connectivity index (χ0v) is 22.9. The van der Waals surface area contributed by atoms with Crippen molar-refractivity contribution in [2.45, 2.75) is 62.4 Å². The quantitative estimate of drug-likeness (QED) is 0.259. The van der Waals surface area contributed by atoms with Crippen LogP contribution in [0.15, 0.2) is 72.8 Å². The van der Waals surface area contributed by atoms with Gasteiger partial charge in [-0.15, -0.1) is 0 Å². The second-order valence-corrected chi connectivity index (χ2v) is 15.2. The van der Waals surface area contributed by atoms with Gasteiger partial charge in [-0.05, 0) is 36.0 Å². The Morgan fingerprint density at radius 1 is 0.872 bits per heavy atom. The van der Waals surface area contributed by atoms with Crippen molar-refractivity contribution in [3.05, 3.63) is 83.9 Å². The first kappa shape index (κ1) is 27.8. The number of fused-ring (bicyclic) bond motifs is 2. The molecule has 0 unspecified atom stereocenters. The smallest absolute Gasteiger partial charge is 0.431 e. The van der Waals surface area contributed by atoms with Gasteiger partial charge in [-0.2, -0.15) is 13.2 Å². The molecule has 5 atom stereocenters. The Labute approximate surface area is 226 Å². The van der Waals surface area contributed by atoms with Gasteiger partial charge >= 0.3 is 12.1 Å². The maximum atomic E-state index is 14.7. The van der Waals surface area contributed by atoms with Crippen molar-refractivity contribution >= 4 is 25.1 Å². The Kier molecular flexibility index (Phi) is 7.60. The average Bonchev–Trinajstić information content (AvgIpc) is 3.48. The summed E-state index contributed by atoms with van der Waals surface area (Å²) in [6, 6.07) is 20.8. The summed E-state index contributed by atoms with van der Waals surface area (Å²) < 4.78 is 73.2. The third kappa shape index (κ3) is 5.49. The molecular formula is C29H31F3O6Si. The summed E-state index contributed by atoms with van der Waals surface area (Å²) in [5.41, 5.74) is -2.59. The van der Waals surface area contributed by atoms with Crippen LogP contribution in [0.3, 0.4) is 0 Å². The molecule has 2 aliphatic heterocycles. The Morgan fingerprint density at radius 2 is 1.49 bits per heavy atom. The minimum Gasteiger partial charge on any atom is -0.454 e. The van der Waals surface area contributed by atoms with Crippen molar-refractivity contribution in [1.29, 1.82) is 0 Å². The Balaban J connectivity index is 1.32. The molecule has 0 saturated carbocycles. The summed E-state index contributed by atoms with van der Waals surface area (Å²) in [5.74, 6) is -1.53. The van der Waals surface area contributed by atoms with Crippen LogP contribution in [0.1, 0.15) is 11.1 Å². The predicted molar refractivity (Wildman–Crippen MR) is 140 cm³/mol. The van der Waals surface area contributed by atoms with E-state index in [1.807, 2.05) is 42.5 Å². The Bertz CT molecular complexity index is 1310. The number of halogens is 3. The number of benzene rings is 3. The lowest BCUT2D eigenvalue weighted by molar-refractivity contribution is -0.264. The van der Waals surface area contributed by atoms with Crippen molar-refractivity contribution in [2.24, 2.45) is 0 Å². The third-order valence-corrected chi connectivity index (χ3v) is 7.80. The number of alkyl halides is 3. The molecule has 3 aromatic rings. The van der Waals surface area contributed by atoms with Crippen molar-refractivity contribution in [3.8, 4) is 0 Å². The highest BCUT2D eigenvalue weighted by Crippen LogP contribution is 2.46. The Morgan fingerprint density at radius 3 is 2.18 bits per heavy atom. The van der Waals surface area contributed by atoms with Crippen LogP contribution >= 0.6 is 0 Å². The third-order valence-electron chi connectivity index (χ3n) is 6.88. The molecule has 2 fully saturated rings. The van der Waals surface area contributed by atoms with Gasteiger partial charge in [0.1, 0.15) is 18.3 Å². The maximum absolute atomic E-state index is 14.7. The van der Waals surface area contributed by atoms with Crippen LogP contribution in [-0.4, -0.2) is 58.1 Å². The molecule has 39 heavy (non-hydrogen) atoms. The van der Waals surface area contributed by atoms with E-state index in [0.29, 0.717) is 6.61 Å². The minimum absolute atomic E-state index is 0.106. The molecule has 2 heterocycles. The molecule has 2 saturated heterocycles. The van der Waals surface area contributed by atoms with E-state index in [4.69, 9.17) is 23.4 Å². The lowest BCUT2D eigenvalue weighted by atomic mass is 9.93. The van der Waals surface area contributed by atoms with Crippen LogP contribution in [0, 0.1) is 0 Å². The van der Waals surface area contributed by atoms with E-state index in [0.717, 1.165) is 16.3 Å². The van der Waals surface area contributed by atoms with E-state index in [1.165, 1.54) is 24.3 Å². The number of carbonyl (C=O) groups is 1. The second-order valence-electron chi connectivity index (χ2n) is 10.8. The summed E-state index contributed by atoms with van der Waals surface area (Å²) in [6.45, 7) is 5.15. The topological polar surface area (TPSA) is 63.2 Å². The number of hydrogen-bond acceptors (Lipinski definition) is 6. The van der Waals surface area contributed by atoms with E-state index < -0.39 is 50.5 Å². The fourth-order valence-electron chi connectivity index (χ4n) is 5.20. The van der Waals surface area contributed by atoms with Crippen molar-refractivity contribution < 1.29 is 41.3 Å². The summed E-state index contributed by atoms with van der Waals surface area (Å²) >= 11 is 0. The van der Waals surface area contributed by atoms with E-state index in [9.17, 15) is 18.0 Å². The summed E-state index contributed by atoms with van der Waals surface area (Å²) in [4.78, 5) is 13.5. The van der Waals surface area contributed by atoms with Crippen LogP contribution in [0.5, 0.6) is 0 Å². The van der Waals surface area contributed by atoms with Gasteiger partial charge in [0.2, 0.25) is 0 Å². The number of hydrogen-bond donors (Lipinski definition) is 0. The first-order valence-corrected chi connectivity index (χ1v) is 16.3. The molecule has 0 spiro atoms. The molecule has 5 rings (SSSR count). The molecule has 10 heteroatoms. The molecule has 0 bridgehead atoms. The fourth-order valence-corrected chi connectivity index (χ4v) is 6.43. The molecule has 208 valence electrons. The van der Waals surface area contributed by atoms with Crippen LogP contribution in [-0.2, 0) is 40.4 Å². The standard InChI is InChI=1S/C29H31F3O6Si/c1-39(2,3)38-28(29(30,31)32,21-13-5-4-6-14-21)27(33)37-24-18-36-25-23(17-35-26(24)25)34-16-20-12-9-11-19-10-7-8-15-22(19)20/h4-15,23-26H,16-18H2,1-3H3/t23-,24+,25+,26+,28-/m0/s1. The normalized spacial score (nSPS) is 24.9. The van der Waals surface area contributed by atoms with Gasteiger partial charge in [0.25, 0.3) is 5.60 Å². The monoisotopic (exact) mass is 560 g/mol. The highest BCUT2D eigenvalue weighted by Gasteiger charge is 2.66. The van der Waals surface area contributed by atoms with Gasteiger partial charge in [-0.1, -0.05) is 72.8 Å². The molecule has 6 nitrogen and oxygen atoms in total. The van der Waals surface area contributed by atoms with Gasteiger partial charge in [0, 0.05) is 5.56 Å². The Hall–Kier alpha value is -2.76. The molecule has 0 amide bonds. The average molecular weight is 561 g/mol. The maximum Gasteiger partial charge on any atom is 0.431 e. The van der Waals surface area contributed by atoms with Gasteiger partial charge in [0.15, 0.2) is 14.4 Å². The number of rotatable bonds is 8. The van der Waals surface area contributed by atoms with Gasteiger partial charge in [-0.25, -0.2) is 4.79 Å². The van der Waals surface area contributed by atoms with Gasteiger partial charge in [-0.3, -0.25) is 0 Å². The summed E-state index contributed by atoms with van der Waals surface area (Å²) in [5, 5.41) is 2.16. The number of ether oxygens (including phenoxy) is 4. The first-order valence-electron chi connectivity index (χ1n) is 12.8. The zero-order valence-electron chi connectivity index (χ0n) is 21.9. The lowest BCUT2D eigenvalue weighted by Gasteiger charge is -2.39. The van der Waals surface area contributed by atoms with Crippen LogP contribution in [0.4, 0.5) is 13.2 Å². The molecule has 3 aromatic carbocycles. The fraction of sp³-hybridized carbons (Fsp3) is 0.414. The molecule has 2 aliphatic rings. The van der Waals surface area contributed by atoms with Gasteiger partial charge in [0.05, 0.1) is 19.8 Å². The number of esters is 1.